The summed E-state index contributed by atoms with van der Waals surface area (Å²) in [6, 6.07) is 0. The number of thiophene rings is 1. The van der Waals surface area contributed by atoms with Crippen LogP contribution in [0, 0.1) is 13.8 Å². The first-order valence-electron chi connectivity index (χ1n) is 5.42. The van der Waals surface area contributed by atoms with Crippen LogP contribution < -0.4 is 5.32 Å². The molecule has 0 aliphatic carbocycles. The Kier molecular flexibility index (Phi) is 3.93. The van der Waals surface area contributed by atoms with Gasteiger partial charge in [0, 0.05) is 10.3 Å². The van der Waals surface area contributed by atoms with E-state index in [0.717, 1.165) is 10.4 Å². The van der Waals surface area contributed by atoms with E-state index in [1.165, 1.54) is 18.3 Å². The van der Waals surface area contributed by atoms with Gasteiger partial charge in [-0.05, 0) is 32.8 Å². The summed E-state index contributed by atoms with van der Waals surface area (Å²) in [6.45, 7) is 7.06. The lowest BCUT2D eigenvalue weighted by molar-refractivity contribution is -0.143. The van der Waals surface area contributed by atoms with E-state index in [9.17, 15) is 9.59 Å². The number of amides is 1. The number of carbonyl (C=O) groups is 2. The summed E-state index contributed by atoms with van der Waals surface area (Å²) < 4.78 is 0. The molecule has 0 radical (unpaired) electrons. The van der Waals surface area contributed by atoms with Gasteiger partial charge in [-0.15, -0.1) is 11.3 Å². The molecular weight excluding hydrogens is 238 g/mol. The molecule has 0 spiro atoms. The van der Waals surface area contributed by atoms with Crippen LogP contribution in [0.4, 0.5) is 0 Å². The predicted octanol–water partition coefficient (Wildman–Crippen LogP) is 2.35. The van der Waals surface area contributed by atoms with Gasteiger partial charge in [-0.2, -0.15) is 0 Å². The Hall–Kier alpha value is -1.36. The third-order valence-electron chi connectivity index (χ3n) is 3.10. The van der Waals surface area contributed by atoms with Gasteiger partial charge in [0.15, 0.2) is 0 Å². The normalized spacial score (nSPS) is 14.1. The Labute approximate surface area is 105 Å². The van der Waals surface area contributed by atoms with E-state index in [0.29, 0.717) is 12.0 Å². The van der Waals surface area contributed by atoms with Crippen molar-refractivity contribution in [2.45, 2.75) is 39.7 Å². The van der Waals surface area contributed by atoms with Gasteiger partial charge in [0.1, 0.15) is 5.54 Å². The lowest BCUT2D eigenvalue weighted by Crippen LogP contribution is -2.51. The zero-order valence-electron chi connectivity index (χ0n) is 10.5. The van der Waals surface area contributed by atoms with Gasteiger partial charge >= 0.3 is 5.97 Å². The minimum Gasteiger partial charge on any atom is -0.480 e. The molecule has 94 valence electrons. The van der Waals surface area contributed by atoms with Gasteiger partial charge < -0.3 is 10.4 Å². The smallest absolute Gasteiger partial charge is 0.329 e. The van der Waals surface area contributed by atoms with Crippen LogP contribution in [0.2, 0.25) is 0 Å². The second kappa shape index (κ2) is 4.87. The Bertz CT molecular complexity index is 453. The molecule has 0 bridgehead atoms. The van der Waals surface area contributed by atoms with Crippen molar-refractivity contribution in [3.8, 4) is 0 Å². The van der Waals surface area contributed by atoms with Crippen LogP contribution in [-0.4, -0.2) is 22.5 Å². The van der Waals surface area contributed by atoms with Crippen LogP contribution in [0.5, 0.6) is 0 Å². The highest BCUT2D eigenvalue weighted by molar-refractivity contribution is 7.10. The number of hydrogen-bond acceptors (Lipinski definition) is 3. The quantitative estimate of drug-likeness (QED) is 0.868. The molecule has 1 aromatic rings. The number of carbonyl (C=O) groups excluding carboxylic acids is 1. The molecule has 1 heterocycles. The molecule has 1 unspecified atom stereocenters. The van der Waals surface area contributed by atoms with Crippen LogP contribution in [0.25, 0.3) is 0 Å². The maximum absolute atomic E-state index is 12.0. The van der Waals surface area contributed by atoms with Crippen molar-refractivity contribution in [2.75, 3.05) is 0 Å². The minimum atomic E-state index is -1.21. The molecule has 17 heavy (non-hydrogen) atoms. The lowest BCUT2D eigenvalue weighted by atomic mass is 9.98. The van der Waals surface area contributed by atoms with Crippen LogP contribution in [-0.2, 0) is 4.79 Å². The largest absolute Gasteiger partial charge is 0.480 e. The summed E-state index contributed by atoms with van der Waals surface area (Å²) in [4.78, 5) is 24.2. The molecule has 0 saturated heterocycles. The summed E-state index contributed by atoms with van der Waals surface area (Å²) in [5, 5.41) is 13.4. The summed E-state index contributed by atoms with van der Waals surface area (Å²) in [6.07, 6.45) is 0.343. The number of hydrogen-bond donors (Lipinski definition) is 2. The molecule has 1 rings (SSSR count). The monoisotopic (exact) mass is 255 g/mol. The number of nitrogens with one attached hydrogen (secondary N) is 1. The molecule has 5 heteroatoms. The van der Waals surface area contributed by atoms with E-state index in [1.54, 1.807) is 12.3 Å². The van der Waals surface area contributed by atoms with E-state index in [-0.39, 0.29) is 5.91 Å². The van der Waals surface area contributed by atoms with Crippen molar-refractivity contribution in [2.24, 2.45) is 0 Å². The van der Waals surface area contributed by atoms with E-state index < -0.39 is 11.5 Å². The summed E-state index contributed by atoms with van der Waals surface area (Å²) in [5.41, 5.74) is 0.268. The highest BCUT2D eigenvalue weighted by Crippen LogP contribution is 2.21. The number of carboxylic acids is 1. The van der Waals surface area contributed by atoms with Crippen molar-refractivity contribution in [1.82, 2.24) is 5.32 Å². The number of aliphatic carboxylic acids is 1. The first kappa shape index (κ1) is 13.7. The summed E-state index contributed by atoms with van der Waals surface area (Å²) >= 11 is 1.49. The summed E-state index contributed by atoms with van der Waals surface area (Å²) in [7, 11) is 0. The lowest BCUT2D eigenvalue weighted by Gasteiger charge is -2.24. The second-order valence-corrected chi connectivity index (χ2v) is 5.36. The van der Waals surface area contributed by atoms with Crippen LogP contribution in [0.3, 0.4) is 0 Å². The van der Waals surface area contributed by atoms with Crippen LogP contribution in [0.1, 0.15) is 41.1 Å². The van der Waals surface area contributed by atoms with Crippen molar-refractivity contribution < 1.29 is 14.7 Å². The first-order chi connectivity index (χ1) is 7.81. The second-order valence-electron chi connectivity index (χ2n) is 4.28. The molecule has 1 atom stereocenters. The van der Waals surface area contributed by atoms with E-state index in [4.69, 9.17) is 5.11 Å². The fourth-order valence-electron chi connectivity index (χ4n) is 1.35. The van der Waals surface area contributed by atoms with E-state index in [2.05, 4.69) is 5.32 Å². The molecular formula is C12H17NO3S. The molecule has 0 aliphatic rings. The number of aryl methyl sites for hydroxylation is 1. The zero-order valence-corrected chi connectivity index (χ0v) is 11.3. The third kappa shape index (κ3) is 2.66. The highest BCUT2D eigenvalue weighted by Gasteiger charge is 2.33. The van der Waals surface area contributed by atoms with Gasteiger partial charge in [-0.25, -0.2) is 4.79 Å². The SMILES string of the molecule is CCC(C)(NC(=O)c1csc(C)c1C)C(=O)O. The molecule has 0 aromatic carbocycles. The fourth-order valence-corrected chi connectivity index (χ4v) is 2.21. The first-order valence-corrected chi connectivity index (χ1v) is 6.30. The highest BCUT2D eigenvalue weighted by atomic mass is 32.1. The van der Waals surface area contributed by atoms with Crippen molar-refractivity contribution >= 4 is 23.2 Å². The minimum absolute atomic E-state index is 0.321. The molecule has 1 aromatic heterocycles. The average Bonchev–Trinajstić information content (AvgIpc) is 2.59. The molecule has 4 nitrogen and oxygen atoms in total. The van der Waals surface area contributed by atoms with Crippen molar-refractivity contribution in [1.29, 1.82) is 0 Å². The molecule has 1 amide bonds. The predicted molar refractivity (Wildman–Crippen MR) is 67.6 cm³/mol. The fraction of sp³-hybridized carbons (Fsp3) is 0.500. The van der Waals surface area contributed by atoms with Crippen LogP contribution in [0.15, 0.2) is 5.38 Å². The molecule has 0 saturated carbocycles. The van der Waals surface area contributed by atoms with E-state index >= 15 is 0 Å². The van der Waals surface area contributed by atoms with Gasteiger partial charge in [-0.3, -0.25) is 4.79 Å². The van der Waals surface area contributed by atoms with E-state index in [1.807, 2.05) is 13.8 Å². The molecule has 0 fully saturated rings. The van der Waals surface area contributed by atoms with Gasteiger partial charge in [0.2, 0.25) is 0 Å². The topological polar surface area (TPSA) is 66.4 Å². The third-order valence-corrected chi connectivity index (χ3v) is 4.11. The maximum atomic E-state index is 12.0. The Balaban J connectivity index is 2.93. The average molecular weight is 255 g/mol. The van der Waals surface area contributed by atoms with Gasteiger partial charge in [0.05, 0.1) is 5.56 Å². The van der Waals surface area contributed by atoms with Gasteiger partial charge in [-0.1, -0.05) is 6.92 Å². The summed E-state index contributed by atoms with van der Waals surface area (Å²) in [5.74, 6) is -1.34. The number of carboxylic acid groups (broad SMARTS) is 1. The molecule has 2 N–H and O–H groups in total. The van der Waals surface area contributed by atoms with Gasteiger partial charge in [0.25, 0.3) is 5.91 Å². The van der Waals surface area contributed by atoms with Crippen LogP contribution >= 0.6 is 11.3 Å². The van der Waals surface area contributed by atoms with Crippen molar-refractivity contribution in [3.63, 3.8) is 0 Å². The number of rotatable bonds is 4. The molecule has 0 aliphatic heterocycles. The standard InChI is InChI=1S/C12H17NO3S/c1-5-12(4,11(15)16)13-10(14)9-6-17-8(3)7(9)2/h6H,5H2,1-4H3,(H,13,14)(H,15,16). The Morgan fingerprint density at radius 2 is 2.06 bits per heavy atom. The Morgan fingerprint density at radius 3 is 2.41 bits per heavy atom. The zero-order chi connectivity index (χ0) is 13.2. The van der Waals surface area contributed by atoms with Crippen molar-refractivity contribution in [3.05, 3.63) is 21.4 Å². The Morgan fingerprint density at radius 1 is 1.47 bits per heavy atom. The maximum Gasteiger partial charge on any atom is 0.329 e.